The highest BCUT2D eigenvalue weighted by Gasteiger charge is 2.14. The number of nitrogens with one attached hydrogen (secondary N) is 3. The Morgan fingerprint density at radius 3 is 2.47 bits per heavy atom. The van der Waals surface area contributed by atoms with Gasteiger partial charge in [0.15, 0.2) is 5.82 Å². The molecule has 2 amide bonds. The Balaban J connectivity index is 1.29. The third kappa shape index (κ3) is 6.46. The van der Waals surface area contributed by atoms with E-state index in [-0.39, 0.29) is 24.2 Å². The molecule has 1 heterocycles. The first-order valence-corrected chi connectivity index (χ1v) is 11.5. The predicted octanol–water partition coefficient (Wildman–Crippen LogP) is 4.68. The van der Waals surface area contributed by atoms with Gasteiger partial charge in [0, 0.05) is 5.69 Å². The highest BCUT2D eigenvalue weighted by atomic mass is 32.2. The molecule has 0 bridgehead atoms. The van der Waals surface area contributed by atoms with Crippen LogP contribution in [0.4, 0.5) is 11.4 Å². The number of amides is 2. The van der Waals surface area contributed by atoms with Gasteiger partial charge in [-0.25, -0.2) is 4.98 Å². The molecule has 172 valence electrons. The number of carbonyl (C=O) groups excluding carboxylic acids is 2. The minimum Gasteiger partial charge on any atom is -0.486 e. The van der Waals surface area contributed by atoms with Crippen molar-refractivity contribution < 1.29 is 14.3 Å². The molecule has 0 saturated carbocycles. The van der Waals surface area contributed by atoms with E-state index in [1.807, 2.05) is 49.4 Å². The third-order valence-corrected chi connectivity index (χ3v) is 5.56. The van der Waals surface area contributed by atoms with Gasteiger partial charge in [-0.2, -0.15) is 0 Å². The molecule has 3 aromatic carbocycles. The lowest BCUT2D eigenvalue weighted by Crippen LogP contribution is -2.19. The number of H-pyrrole nitrogens is 1. The summed E-state index contributed by atoms with van der Waals surface area (Å²) in [5.41, 5.74) is 2.64. The fraction of sp³-hybridized carbons (Fsp3) is 0.120. The first-order valence-electron chi connectivity index (χ1n) is 10.6. The topological polar surface area (TPSA) is 109 Å². The number of ether oxygens (including phenoxy) is 1. The Morgan fingerprint density at radius 1 is 0.941 bits per heavy atom. The highest BCUT2D eigenvalue weighted by molar-refractivity contribution is 7.99. The van der Waals surface area contributed by atoms with Crippen molar-refractivity contribution in [3.05, 3.63) is 95.8 Å². The first kappa shape index (κ1) is 23.1. The maximum atomic E-state index is 12.7. The molecule has 0 atom stereocenters. The second-order valence-electron chi connectivity index (χ2n) is 7.37. The first-order chi connectivity index (χ1) is 16.6. The van der Waals surface area contributed by atoms with Crippen LogP contribution in [0.3, 0.4) is 0 Å². The Labute approximate surface area is 201 Å². The van der Waals surface area contributed by atoms with Crippen LogP contribution in [0.15, 0.2) is 84.0 Å². The van der Waals surface area contributed by atoms with Crippen LogP contribution in [0, 0.1) is 6.92 Å². The fourth-order valence-corrected chi connectivity index (χ4v) is 3.64. The van der Waals surface area contributed by atoms with Crippen molar-refractivity contribution in [3.8, 4) is 5.75 Å². The van der Waals surface area contributed by atoms with Crippen molar-refractivity contribution in [3.63, 3.8) is 0 Å². The van der Waals surface area contributed by atoms with Gasteiger partial charge < -0.3 is 15.4 Å². The Morgan fingerprint density at radius 2 is 1.68 bits per heavy atom. The SMILES string of the molecule is Cc1ccc(OCc2nc(SCC(=O)Nc3ccccc3C(=O)Nc3ccccc3)n[nH]2)cc1. The zero-order valence-corrected chi connectivity index (χ0v) is 19.3. The van der Waals surface area contributed by atoms with E-state index in [1.54, 1.807) is 36.4 Å². The summed E-state index contributed by atoms with van der Waals surface area (Å²) in [5, 5.41) is 13.0. The van der Waals surface area contributed by atoms with E-state index in [0.29, 0.717) is 27.9 Å². The summed E-state index contributed by atoms with van der Waals surface area (Å²) >= 11 is 1.19. The molecule has 1 aromatic heterocycles. The number of aromatic amines is 1. The summed E-state index contributed by atoms with van der Waals surface area (Å²) in [6.45, 7) is 2.25. The number of nitrogens with zero attached hydrogens (tertiary/aromatic N) is 2. The number of thioether (sulfide) groups is 1. The van der Waals surface area contributed by atoms with Crippen molar-refractivity contribution in [2.75, 3.05) is 16.4 Å². The Hall–Kier alpha value is -4.11. The highest BCUT2D eigenvalue weighted by Crippen LogP contribution is 2.19. The average molecular weight is 474 g/mol. The Kier molecular flexibility index (Phi) is 7.56. The molecule has 8 nitrogen and oxygen atoms in total. The molecule has 0 fully saturated rings. The van der Waals surface area contributed by atoms with Crippen LogP contribution in [0.1, 0.15) is 21.7 Å². The van der Waals surface area contributed by atoms with Gasteiger partial charge in [0.05, 0.1) is 17.0 Å². The van der Waals surface area contributed by atoms with Gasteiger partial charge in [-0.1, -0.05) is 59.8 Å². The van der Waals surface area contributed by atoms with Gasteiger partial charge in [0.2, 0.25) is 11.1 Å². The maximum Gasteiger partial charge on any atom is 0.257 e. The maximum absolute atomic E-state index is 12.7. The molecule has 0 aliphatic rings. The van der Waals surface area contributed by atoms with Gasteiger partial charge >= 0.3 is 0 Å². The molecule has 4 rings (SSSR count). The summed E-state index contributed by atoms with van der Waals surface area (Å²) in [7, 11) is 0. The van der Waals surface area contributed by atoms with E-state index < -0.39 is 0 Å². The molecular formula is C25H23N5O3S. The normalized spacial score (nSPS) is 10.5. The van der Waals surface area contributed by atoms with Crippen LogP contribution in [0.25, 0.3) is 0 Å². The molecule has 34 heavy (non-hydrogen) atoms. The molecule has 0 radical (unpaired) electrons. The summed E-state index contributed by atoms with van der Waals surface area (Å²) in [6, 6.07) is 23.7. The lowest BCUT2D eigenvalue weighted by Gasteiger charge is -2.11. The summed E-state index contributed by atoms with van der Waals surface area (Å²) < 4.78 is 5.68. The van der Waals surface area contributed by atoms with Crippen LogP contribution in [0.2, 0.25) is 0 Å². The molecule has 0 saturated heterocycles. The van der Waals surface area contributed by atoms with Crippen LogP contribution in [-0.4, -0.2) is 32.7 Å². The lowest BCUT2D eigenvalue weighted by molar-refractivity contribution is -0.113. The minimum atomic E-state index is -0.304. The molecule has 0 aliphatic heterocycles. The second-order valence-corrected chi connectivity index (χ2v) is 8.31. The number of hydrogen-bond donors (Lipinski definition) is 3. The second kappa shape index (κ2) is 11.2. The van der Waals surface area contributed by atoms with E-state index in [0.717, 1.165) is 11.3 Å². The van der Waals surface area contributed by atoms with Crippen LogP contribution in [0.5, 0.6) is 5.75 Å². The lowest BCUT2D eigenvalue weighted by atomic mass is 10.1. The van der Waals surface area contributed by atoms with Gasteiger partial charge in [0.1, 0.15) is 12.4 Å². The molecule has 4 aromatic rings. The monoisotopic (exact) mass is 473 g/mol. The molecule has 9 heteroatoms. The summed E-state index contributed by atoms with van der Waals surface area (Å²) in [6.07, 6.45) is 0. The van der Waals surface area contributed by atoms with Gasteiger partial charge in [-0.15, -0.1) is 5.10 Å². The largest absolute Gasteiger partial charge is 0.486 e. The van der Waals surface area contributed by atoms with Crippen molar-refractivity contribution >= 4 is 35.0 Å². The number of para-hydroxylation sites is 2. The van der Waals surface area contributed by atoms with E-state index in [4.69, 9.17) is 4.74 Å². The van der Waals surface area contributed by atoms with Crippen LogP contribution in [-0.2, 0) is 11.4 Å². The zero-order chi connectivity index (χ0) is 23.8. The summed E-state index contributed by atoms with van der Waals surface area (Å²) in [4.78, 5) is 29.5. The van der Waals surface area contributed by atoms with E-state index in [2.05, 4.69) is 25.8 Å². The average Bonchev–Trinajstić information content (AvgIpc) is 3.31. The van der Waals surface area contributed by atoms with E-state index in [1.165, 1.54) is 11.8 Å². The summed E-state index contributed by atoms with van der Waals surface area (Å²) in [5.74, 6) is 0.816. The Bertz CT molecular complexity index is 1260. The number of rotatable bonds is 9. The van der Waals surface area contributed by atoms with Crippen LogP contribution >= 0.6 is 11.8 Å². The van der Waals surface area contributed by atoms with Crippen molar-refractivity contribution in [1.29, 1.82) is 0 Å². The fourth-order valence-electron chi connectivity index (χ4n) is 3.02. The minimum absolute atomic E-state index is 0.0880. The molecular weight excluding hydrogens is 450 g/mol. The van der Waals surface area contributed by atoms with Gasteiger partial charge in [-0.3, -0.25) is 14.7 Å². The number of hydrogen-bond acceptors (Lipinski definition) is 6. The zero-order valence-electron chi connectivity index (χ0n) is 18.4. The molecule has 0 spiro atoms. The number of anilines is 2. The van der Waals surface area contributed by atoms with E-state index >= 15 is 0 Å². The predicted molar refractivity (Wildman–Crippen MR) is 132 cm³/mol. The van der Waals surface area contributed by atoms with Gasteiger partial charge in [0.25, 0.3) is 5.91 Å². The van der Waals surface area contributed by atoms with Gasteiger partial charge in [-0.05, 0) is 43.3 Å². The van der Waals surface area contributed by atoms with E-state index in [9.17, 15) is 9.59 Å². The third-order valence-electron chi connectivity index (χ3n) is 4.72. The molecule has 3 N–H and O–H groups in total. The smallest absolute Gasteiger partial charge is 0.257 e. The van der Waals surface area contributed by atoms with Crippen molar-refractivity contribution in [1.82, 2.24) is 15.2 Å². The molecule has 0 unspecified atom stereocenters. The van der Waals surface area contributed by atoms with Crippen LogP contribution < -0.4 is 15.4 Å². The quantitative estimate of drug-likeness (QED) is 0.305. The molecule has 0 aliphatic carbocycles. The number of aromatic nitrogens is 3. The number of benzene rings is 3. The van der Waals surface area contributed by atoms with Crippen molar-refractivity contribution in [2.45, 2.75) is 18.7 Å². The van der Waals surface area contributed by atoms with Crippen molar-refractivity contribution in [2.24, 2.45) is 0 Å². The standard InChI is InChI=1S/C25H23N5O3S/c1-17-11-13-19(14-12-17)33-15-22-28-25(30-29-22)34-16-23(31)27-21-10-6-5-9-20(21)24(32)26-18-7-3-2-4-8-18/h2-14H,15-16H2,1H3,(H,26,32)(H,27,31)(H,28,29,30). The number of aryl methyl sites for hydroxylation is 1. The number of carbonyl (C=O) groups is 2.